The second-order valence-electron chi connectivity index (χ2n) is 5.30. The molecule has 1 aliphatic heterocycles. The molecule has 1 unspecified atom stereocenters. The van der Waals surface area contributed by atoms with Crippen LogP contribution in [0.2, 0.25) is 0 Å². The summed E-state index contributed by atoms with van der Waals surface area (Å²) in [6.45, 7) is 1.91. The van der Waals surface area contributed by atoms with Gasteiger partial charge in [-0.3, -0.25) is 9.48 Å². The van der Waals surface area contributed by atoms with Gasteiger partial charge in [-0.25, -0.2) is 0 Å². The zero-order valence-electron chi connectivity index (χ0n) is 11.9. The van der Waals surface area contributed by atoms with Crippen LogP contribution in [0.5, 0.6) is 5.75 Å². The predicted octanol–water partition coefficient (Wildman–Crippen LogP) is 2.53. The topological polar surface area (TPSA) is 79.2 Å². The smallest absolute Gasteiger partial charge is 0.276 e. The maximum Gasteiger partial charge on any atom is 0.276 e. The van der Waals surface area contributed by atoms with Gasteiger partial charge in [0.15, 0.2) is 5.69 Å². The number of halogens is 1. The molecular formula is C15H17BrN4O2. The highest BCUT2D eigenvalue weighted by molar-refractivity contribution is 9.10. The number of phenols is 1. The molecule has 0 spiro atoms. The molecule has 0 aliphatic carbocycles. The van der Waals surface area contributed by atoms with Gasteiger partial charge < -0.3 is 15.7 Å². The average molecular weight is 365 g/mol. The summed E-state index contributed by atoms with van der Waals surface area (Å²) < 4.78 is 2.61. The molecule has 1 amide bonds. The van der Waals surface area contributed by atoms with Crippen molar-refractivity contribution in [3.05, 3.63) is 40.6 Å². The van der Waals surface area contributed by atoms with E-state index >= 15 is 0 Å². The fourth-order valence-electron chi connectivity index (χ4n) is 2.52. The van der Waals surface area contributed by atoms with Crippen LogP contribution >= 0.6 is 15.9 Å². The Morgan fingerprint density at radius 1 is 1.45 bits per heavy atom. The van der Waals surface area contributed by atoms with Crippen LogP contribution in [-0.2, 0) is 0 Å². The van der Waals surface area contributed by atoms with E-state index in [9.17, 15) is 9.90 Å². The van der Waals surface area contributed by atoms with Crippen LogP contribution in [0, 0.1) is 0 Å². The van der Waals surface area contributed by atoms with Gasteiger partial charge in [-0.15, -0.1) is 0 Å². The first-order valence-corrected chi connectivity index (χ1v) is 7.98. The van der Waals surface area contributed by atoms with E-state index in [1.807, 2.05) is 10.9 Å². The maximum absolute atomic E-state index is 12.2. The van der Waals surface area contributed by atoms with E-state index in [4.69, 9.17) is 0 Å². The highest BCUT2D eigenvalue weighted by Gasteiger charge is 2.18. The van der Waals surface area contributed by atoms with Crippen LogP contribution in [0.3, 0.4) is 0 Å². The van der Waals surface area contributed by atoms with E-state index in [0.717, 1.165) is 30.4 Å². The third-order valence-electron chi connectivity index (χ3n) is 3.69. The Bertz CT molecular complexity index is 680. The number of hydrogen-bond acceptors (Lipinski definition) is 4. The van der Waals surface area contributed by atoms with Crippen LogP contribution in [0.1, 0.15) is 29.4 Å². The molecule has 2 aromatic rings. The molecule has 3 N–H and O–H groups in total. The van der Waals surface area contributed by atoms with E-state index in [2.05, 4.69) is 31.7 Å². The molecule has 1 aliphatic rings. The van der Waals surface area contributed by atoms with E-state index in [1.54, 1.807) is 18.2 Å². The quantitative estimate of drug-likeness (QED) is 0.731. The summed E-state index contributed by atoms with van der Waals surface area (Å²) in [5.41, 5.74) is 0.693. The lowest BCUT2D eigenvalue weighted by Crippen LogP contribution is -2.32. The van der Waals surface area contributed by atoms with Gasteiger partial charge in [0, 0.05) is 17.2 Å². The highest BCUT2D eigenvalue weighted by atomic mass is 79.9. The highest BCUT2D eigenvalue weighted by Crippen LogP contribution is 2.27. The molecule has 1 saturated heterocycles. The lowest BCUT2D eigenvalue weighted by atomic mass is 10.1. The van der Waals surface area contributed by atoms with E-state index in [1.165, 1.54) is 6.07 Å². The molecule has 1 aromatic heterocycles. The number of hydrogen-bond donors (Lipinski definition) is 3. The summed E-state index contributed by atoms with van der Waals surface area (Å²) in [6, 6.07) is 6.85. The monoisotopic (exact) mass is 364 g/mol. The molecule has 2 heterocycles. The first-order valence-electron chi connectivity index (χ1n) is 7.19. The molecule has 1 fully saturated rings. The predicted molar refractivity (Wildman–Crippen MR) is 87.1 cm³/mol. The summed E-state index contributed by atoms with van der Waals surface area (Å²) >= 11 is 3.31. The SMILES string of the molecule is O=C(Nc1cc(Br)ccc1O)c1ccn(C2CCCNC2)n1. The maximum atomic E-state index is 12.2. The van der Waals surface area contributed by atoms with Crippen molar-refractivity contribution in [1.29, 1.82) is 0 Å². The summed E-state index contributed by atoms with van der Waals surface area (Å²) in [5.74, 6) is -0.316. The first-order chi connectivity index (χ1) is 10.6. The number of nitrogens with one attached hydrogen (secondary N) is 2. The number of carbonyl (C=O) groups excluding carboxylic acids is 1. The van der Waals surface area contributed by atoms with E-state index < -0.39 is 0 Å². The summed E-state index contributed by atoms with van der Waals surface area (Å²) in [7, 11) is 0. The standard InChI is InChI=1S/C15H17BrN4O2/c16-10-3-4-14(21)13(8-10)18-15(22)12-5-7-20(19-12)11-2-1-6-17-9-11/h3-5,7-8,11,17,21H,1-2,6,9H2,(H,18,22). The molecule has 0 saturated carbocycles. The third kappa shape index (κ3) is 3.31. The Kier molecular flexibility index (Phi) is 4.44. The van der Waals surface area contributed by atoms with E-state index in [-0.39, 0.29) is 17.7 Å². The Hall–Kier alpha value is -1.86. The van der Waals surface area contributed by atoms with Crippen LogP contribution < -0.4 is 10.6 Å². The van der Waals surface area contributed by atoms with Gasteiger partial charge in [-0.2, -0.15) is 5.10 Å². The van der Waals surface area contributed by atoms with Gasteiger partial charge in [0.25, 0.3) is 5.91 Å². The number of aromatic hydroxyl groups is 1. The lowest BCUT2D eigenvalue weighted by molar-refractivity contribution is 0.102. The number of amides is 1. The molecule has 116 valence electrons. The van der Waals surface area contributed by atoms with Gasteiger partial charge in [0.2, 0.25) is 0 Å². The Balaban J connectivity index is 1.72. The number of phenolic OH excluding ortho intramolecular Hbond substituents is 1. The molecule has 7 heteroatoms. The number of piperidine rings is 1. The largest absolute Gasteiger partial charge is 0.506 e. The van der Waals surface area contributed by atoms with Crippen LogP contribution in [-0.4, -0.2) is 33.9 Å². The molecule has 0 bridgehead atoms. The lowest BCUT2D eigenvalue weighted by Gasteiger charge is -2.22. The van der Waals surface area contributed by atoms with Crippen molar-refractivity contribution in [3.8, 4) is 5.75 Å². The minimum Gasteiger partial charge on any atom is -0.506 e. The Morgan fingerprint density at radius 3 is 3.09 bits per heavy atom. The average Bonchev–Trinajstić information content (AvgIpc) is 3.02. The Morgan fingerprint density at radius 2 is 2.32 bits per heavy atom. The van der Waals surface area contributed by atoms with E-state index in [0.29, 0.717) is 11.4 Å². The number of nitrogens with zero attached hydrogens (tertiary/aromatic N) is 2. The summed E-state index contributed by atoms with van der Waals surface area (Å²) in [4.78, 5) is 12.2. The molecule has 0 radical (unpaired) electrons. The number of anilines is 1. The van der Waals surface area contributed by atoms with Gasteiger partial charge in [0.05, 0.1) is 11.7 Å². The molecule has 6 nitrogen and oxygen atoms in total. The van der Waals surface area contributed by atoms with Crippen molar-refractivity contribution in [2.75, 3.05) is 18.4 Å². The molecule has 22 heavy (non-hydrogen) atoms. The van der Waals surface area contributed by atoms with Crippen LogP contribution in [0.4, 0.5) is 5.69 Å². The van der Waals surface area contributed by atoms with Gasteiger partial charge in [-0.05, 0) is 43.7 Å². The van der Waals surface area contributed by atoms with Gasteiger partial charge in [0.1, 0.15) is 5.75 Å². The van der Waals surface area contributed by atoms with Crippen LogP contribution in [0.25, 0.3) is 0 Å². The normalized spacial score (nSPS) is 18.1. The molecular weight excluding hydrogens is 348 g/mol. The van der Waals surface area contributed by atoms with Crippen molar-refractivity contribution < 1.29 is 9.90 Å². The number of carbonyl (C=O) groups is 1. The van der Waals surface area contributed by atoms with Gasteiger partial charge >= 0.3 is 0 Å². The second-order valence-corrected chi connectivity index (χ2v) is 6.21. The second kappa shape index (κ2) is 6.50. The summed E-state index contributed by atoms with van der Waals surface area (Å²) in [6.07, 6.45) is 3.99. The zero-order chi connectivity index (χ0) is 15.5. The van der Waals surface area contributed by atoms with Crippen molar-refractivity contribution in [2.45, 2.75) is 18.9 Å². The molecule has 1 atom stereocenters. The number of rotatable bonds is 3. The number of benzene rings is 1. The first kappa shape index (κ1) is 15.1. The fraction of sp³-hybridized carbons (Fsp3) is 0.333. The van der Waals surface area contributed by atoms with Crippen molar-refractivity contribution in [2.24, 2.45) is 0 Å². The van der Waals surface area contributed by atoms with Crippen molar-refractivity contribution >= 4 is 27.5 Å². The van der Waals surface area contributed by atoms with Crippen molar-refractivity contribution in [3.63, 3.8) is 0 Å². The molecule has 1 aromatic carbocycles. The third-order valence-corrected chi connectivity index (χ3v) is 4.19. The number of aromatic nitrogens is 2. The zero-order valence-corrected chi connectivity index (χ0v) is 13.5. The van der Waals surface area contributed by atoms with Crippen LogP contribution in [0.15, 0.2) is 34.9 Å². The van der Waals surface area contributed by atoms with Crippen molar-refractivity contribution in [1.82, 2.24) is 15.1 Å². The molecule has 3 rings (SSSR count). The minimum absolute atomic E-state index is 0.0208. The fourth-order valence-corrected chi connectivity index (χ4v) is 2.88. The van der Waals surface area contributed by atoms with Gasteiger partial charge in [-0.1, -0.05) is 15.9 Å². The minimum atomic E-state index is -0.337. The summed E-state index contributed by atoms with van der Waals surface area (Å²) in [5, 5.41) is 20.1. The Labute approximate surface area is 136 Å².